The molecule has 1 fully saturated rings. The fourth-order valence-electron chi connectivity index (χ4n) is 3.46. The van der Waals surface area contributed by atoms with Crippen LogP contribution in [0.5, 0.6) is 5.75 Å². The van der Waals surface area contributed by atoms with Crippen LogP contribution in [0.15, 0.2) is 30.7 Å². The third kappa shape index (κ3) is 4.76. The normalized spacial score (nSPS) is 21.2. The van der Waals surface area contributed by atoms with Crippen LogP contribution in [0, 0.1) is 0 Å². The topological polar surface area (TPSA) is 46.4 Å². The molecule has 2 aromatic heterocycles. The number of likely N-dealkylation sites (N-methyl/N-ethyl adjacent to an activating group) is 1. The van der Waals surface area contributed by atoms with Gasteiger partial charge in [0.2, 0.25) is 0 Å². The summed E-state index contributed by atoms with van der Waals surface area (Å²) in [5.41, 5.74) is 2.08. The number of halogens is 1. The fraction of sp³-hybridized carbons (Fsp3) is 0.556. The molecule has 7 heteroatoms. The van der Waals surface area contributed by atoms with Crippen molar-refractivity contribution in [3.63, 3.8) is 0 Å². The summed E-state index contributed by atoms with van der Waals surface area (Å²) in [7, 11) is 5.60. The lowest BCUT2D eigenvalue weighted by atomic mass is 10.2. The molecule has 0 aliphatic carbocycles. The maximum atomic E-state index is 14.0. The Morgan fingerprint density at radius 2 is 2.28 bits per heavy atom. The SMILES string of the molecule is COc1ccnc(CN(C)C[C@@H]2C[C@H](F)CN2Cc2cnn(C)c2)c1. The van der Waals surface area contributed by atoms with Crippen molar-refractivity contribution >= 4 is 0 Å². The molecule has 0 N–H and O–H groups in total. The Balaban J connectivity index is 1.59. The minimum Gasteiger partial charge on any atom is -0.497 e. The third-order valence-electron chi connectivity index (χ3n) is 4.60. The van der Waals surface area contributed by atoms with Crippen molar-refractivity contribution in [3.8, 4) is 5.75 Å². The van der Waals surface area contributed by atoms with Crippen LogP contribution in [-0.4, -0.2) is 64.0 Å². The van der Waals surface area contributed by atoms with Crippen LogP contribution in [0.1, 0.15) is 17.7 Å². The summed E-state index contributed by atoms with van der Waals surface area (Å²) in [5.74, 6) is 0.807. The molecule has 3 heterocycles. The predicted molar refractivity (Wildman–Crippen MR) is 94.0 cm³/mol. The van der Waals surface area contributed by atoms with Crippen molar-refractivity contribution in [2.45, 2.75) is 31.7 Å². The smallest absolute Gasteiger partial charge is 0.122 e. The average Bonchev–Trinajstić information content (AvgIpc) is 3.13. The molecule has 0 saturated carbocycles. The summed E-state index contributed by atoms with van der Waals surface area (Å²) in [5, 5.41) is 4.20. The van der Waals surface area contributed by atoms with Gasteiger partial charge in [-0.2, -0.15) is 5.10 Å². The second-order valence-electron chi connectivity index (χ2n) is 6.82. The second kappa shape index (κ2) is 7.93. The highest BCUT2D eigenvalue weighted by atomic mass is 19.1. The number of aryl methyl sites for hydroxylation is 1. The van der Waals surface area contributed by atoms with Crippen LogP contribution in [-0.2, 0) is 20.1 Å². The number of pyridine rings is 1. The molecule has 25 heavy (non-hydrogen) atoms. The summed E-state index contributed by atoms with van der Waals surface area (Å²) in [4.78, 5) is 8.80. The first-order valence-corrected chi connectivity index (χ1v) is 8.56. The van der Waals surface area contributed by atoms with Crippen molar-refractivity contribution in [2.24, 2.45) is 7.05 Å². The van der Waals surface area contributed by atoms with Crippen molar-refractivity contribution in [3.05, 3.63) is 42.0 Å². The summed E-state index contributed by atoms with van der Waals surface area (Å²) in [6.07, 6.45) is 5.42. The van der Waals surface area contributed by atoms with Crippen LogP contribution in [0.4, 0.5) is 4.39 Å². The van der Waals surface area contributed by atoms with E-state index in [-0.39, 0.29) is 6.04 Å². The van der Waals surface area contributed by atoms with Crippen LogP contribution < -0.4 is 4.74 Å². The van der Waals surface area contributed by atoms with Crippen molar-refractivity contribution in [1.82, 2.24) is 24.6 Å². The lowest BCUT2D eigenvalue weighted by Gasteiger charge is -2.28. The standard InChI is InChI=1S/C18H26FN5O/c1-22(12-16-7-18(25-3)4-5-20-16)13-17-6-15(19)11-24(17)10-14-8-21-23(2)9-14/h4-5,7-9,15,17H,6,10-13H2,1-3H3/t15-,17-/m0/s1. The number of likely N-dealkylation sites (tertiary alicyclic amines) is 1. The maximum absolute atomic E-state index is 14.0. The molecule has 0 radical (unpaired) electrons. The lowest BCUT2D eigenvalue weighted by molar-refractivity contribution is 0.179. The molecule has 2 atom stereocenters. The average molecular weight is 347 g/mol. The minimum atomic E-state index is -0.759. The quantitative estimate of drug-likeness (QED) is 0.765. The number of hydrogen-bond donors (Lipinski definition) is 0. The highest BCUT2D eigenvalue weighted by molar-refractivity contribution is 5.22. The number of nitrogens with zero attached hydrogens (tertiary/aromatic N) is 5. The maximum Gasteiger partial charge on any atom is 0.122 e. The van der Waals surface area contributed by atoms with Gasteiger partial charge >= 0.3 is 0 Å². The molecule has 1 saturated heterocycles. The summed E-state index contributed by atoms with van der Waals surface area (Å²) in [6.45, 7) is 2.75. The van der Waals surface area contributed by atoms with Crippen LogP contribution in [0.2, 0.25) is 0 Å². The zero-order valence-electron chi connectivity index (χ0n) is 15.1. The van der Waals surface area contributed by atoms with E-state index in [1.165, 1.54) is 0 Å². The van der Waals surface area contributed by atoms with Gasteiger partial charge in [-0.25, -0.2) is 4.39 Å². The molecule has 6 nitrogen and oxygen atoms in total. The molecule has 0 bridgehead atoms. The minimum absolute atomic E-state index is 0.200. The third-order valence-corrected chi connectivity index (χ3v) is 4.60. The Morgan fingerprint density at radius 1 is 1.44 bits per heavy atom. The molecule has 1 aliphatic heterocycles. The van der Waals surface area contributed by atoms with E-state index in [1.807, 2.05) is 31.6 Å². The van der Waals surface area contributed by atoms with Gasteiger partial charge in [-0.3, -0.25) is 19.5 Å². The molecular formula is C18H26FN5O. The second-order valence-corrected chi connectivity index (χ2v) is 6.82. The monoisotopic (exact) mass is 347 g/mol. The van der Waals surface area contributed by atoms with Crippen LogP contribution in [0.3, 0.4) is 0 Å². The predicted octanol–water partition coefficient (Wildman–Crippen LogP) is 1.87. The van der Waals surface area contributed by atoms with Gasteiger partial charge in [-0.15, -0.1) is 0 Å². The molecule has 2 aromatic rings. The van der Waals surface area contributed by atoms with Gasteiger partial charge in [0.25, 0.3) is 0 Å². The molecule has 0 spiro atoms. The number of aromatic nitrogens is 3. The van der Waals surface area contributed by atoms with Gasteiger partial charge < -0.3 is 4.74 Å². The van der Waals surface area contributed by atoms with Gasteiger partial charge in [0.1, 0.15) is 11.9 Å². The summed E-state index contributed by atoms with van der Waals surface area (Å²) >= 11 is 0. The molecule has 3 rings (SSSR count). The Hall–Kier alpha value is -1.99. The summed E-state index contributed by atoms with van der Waals surface area (Å²) in [6, 6.07) is 3.98. The lowest BCUT2D eigenvalue weighted by Crippen LogP contribution is -2.38. The number of methoxy groups -OCH3 is 1. The van der Waals surface area contributed by atoms with Gasteiger partial charge in [0, 0.05) is 63.3 Å². The zero-order valence-corrected chi connectivity index (χ0v) is 15.1. The van der Waals surface area contributed by atoms with Crippen LogP contribution in [0.25, 0.3) is 0 Å². The van der Waals surface area contributed by atoms with E-state index in [9.17, 15) is 4.39 Å². The van der Waals surface area contributed by atoms with E-state index in [2.05, 4.69) is 26.9 Å². The van der Waals surface area contributed by atoms with E-state index >= 15 is 0 Å². The van der Waals surface area contributed by atoms with Gasteiger partial charge in [-0.05, 0) is 19.5 Å². The highest BCUT2D eigenvalue weighted by Crippen LogP contribution is 2.23. The highest BCUT2D eigenvalue weighted by Gasteiger charge is 2.32. The molecule has 1 aliphatic rings. The Kier molecular flexibility index (Phi) is 5.65. The molecule has 136 valence electrons. The number of rotatable bonds is 7. The van der Waals surface area contributed by atoms with Gasteiger partial charge in [0.05, 0.1) is 19.0 Å². The number of ether oxygens (including phenoxy) is 1. The van der Waals surface area contributed by atoms with E-state index in [0.29, 0.717) is 19.5 Å². The van der Waals surface area contributed by atoms with E-state index in [1.54, 1.807) is 18.0 Å². The van der Waals surface area contributed by atoms with E-state index < -0.39 is 6.17 Å². The first-order valence-electron chi connectivity index (χ1n) is 8.56. The number of hydrogen-bond acceptors (Lipinski definition) is 5. The molecule has 0 aromatic carbocycles. The van der Waals surface area contributed by atoms with Crippen LogP contribution >= 0.6 is 0 Å². The van der Waals surface area contributed by atoms with E-state index in [4.69, 9.17) is 4.74 Å². The molecule has 0 unspecified atom stereocenters. The van der Waals surface area contributed by atoms with Crippen molar-refractivity contribution in [1.29, 1.82) is 0 Å². The van der Waals surface area contributed by atoms with E-state index in [0.717, 1.165) is 30.1 Å². The number of alkyl halides is 1. The summed E-state index contributed by atoms with van der Waals surface area (Å²) < 4.78 is 21.0. The zero-order chi connectivity index (χ0) is 17.8. The van der Waals surface area contributed by atoms with Gasteiger partial charge in [0.15, 0.2) is 0 Å². The first-order chi connectivity index (χ1) is 12.0. The fourth-order valence-corrected chi connectivity index (χ4v) is 3.46. The van der Waals surface area contributed by atoms with Crippen molar-refractivity contribution in [2.75, 3.05) is 27.2 Å². The Labute approximate surface area is 148 Å². The molecular weight excluding hydrogens is 321 g/mol. The van der Waals surface area contributed by atoms with Gasteiger partial charge in [-0.1, -0.05) is 0 Å². The molecule has 0 amide bonds. The Bertz CT molecular complexity index is 692. The largest absolute Gasteiger partial charge is 0.497 e. The Morgan fingerprint density at radius 3 is 3.00 bits per heavy atom. The first kappa shape index (κ1) is 17.8. The van der Waals surface area contributed by atoms with Crippen molar-refractivity contribution < 1.29 is 9.13 Å².